The van der Waals surface area contributed by atoms with Gasteiger partial charge in [-0.1, -0.05) is 25.6 Å². The van der Waals surface area contributed by atoms with Gasteiger partial charge in [-0.05, 0) is 32.2 Å². The summed E-state index contributed by atoms with van der Waals surface area (Å²) >= 11 is 5.04. The van der Waals surface area contributed by atoms with E-state index in [9.17, 15) is 0 Å². The fourth-order valence-electron chi connectivity index (χ4n) is 1.94. The second kappa shape index (κ2) is 4.91. The first-order chi connectivity index (χ1) is 6.15. The van der Waals surface area contributed by atoms with Crippen LogP contribution in [-0.4, -0.2) is 29.5 Å². The Morgan fingerprint density at radius 2 is 2.23 bits per heavy atom. The van der Waals surface area contributed by atoms with Gasteiger partial charge < -0.3 is 5.73 Å². The zero-order valence-corrected chi connectivity index (χ0v) is 9.44. The van der Waals surface area contributed by atoms with Gasteiger partial charge in [0.1, 0.15) is 0 Å². The highest BCUT2D eigenvalue weighted by molar-refractivity contribution is 7.80. The van der Waals surface area contributed by atoms with Crippen LogP contribution in [0.5, 0.6) is 0 Å². The highest BCUT2D eigenvalue weighted by Gasteiger charge is 2.23. The molecule has 1 saturated carbocycles. The van der Waals surface area contributed by atoms with E-state index in [1.165, 1.54) is 19.3 Å². The molecule has 1 atom stereocenters. The fourth-order valence-corrected chi connectivity index (χ4v) is 2.29. The third kappa shape index (κ3) is 2.92. The van der Waals surface area contributed by atoms with Crippen molar-refractivity contribution in [1.82, 2.24) is 4.90 Å². The molecule has 0 spiro atoms. The minimum atomic E-state index is 0.301. The lowest BCUT2D eigenvalue weighted by Crippen LogP contribution is -2.44. The number of likely N-dealkylation sites (N-methyl/N-ethyl adjacent to an activating group) is 1. The van der Waals surface area contributed by atoms with Crippen LogP contribution in [0.1, 0.15) is 32.6 Å². The Hall–Kier alpha value is -0.150. The van der Waals surface area contributed by atoms with Crippen molar-refractivity contribution in [2.45, 2.75) is 38.6 Å². The summed E-state index contributed by atoms with van der Waals surface area (Å²) in [5.74, 6) is 0.897. The molecule has 76 valence electrons. The van der Waals surface area contributed by atoms with Crippen LogP contribution in [0.25, 0.3) is 0 Å². The Bertz CT molecular complexity index is 178. The van der Waals surface area contributed by atoms with E-state index in [-0.39, 0.29) is 0 Å². The molecule has 0 saturated heterocycles. The van der Waals surface area contributed by atoms with Gasteiger partial charge in [-0.15, -0.1) is 0 Å². The smallest absolute Gasteiger partial charge is 0.0901 e. The van der Waals surface area contributed by atoms with Crippen LogP contribution in [0.3, 0.4) is 0 Å². The minimum Gasteiger partial charge on any atom is -0.392 e. The Kier molecular flexibility index (Phi) is 4.13. The van der Waals surface area contributed by atoms with Crippen molar-refractivity contribution < 1.29 is 0 Å². The topological polar surface area (TPSA) is 29.3 Å². The Morgan fingerprint density at radius 3 is 2.54 bits per heavy atom. The SMILES string of the molecule is CCC(C(N)=S)N(C)CC1CCC1. The van der Waals surface area contributed by atoms with Crippen LogP contribution in [0.15, 0.2) is 0 Å². The molecule has 2 N–H and O–H groups in total. The lowest BCUT2D eigenvalue weighted by Gasteiger charge is -2.34. The summed E-state index contributed by atoms with van der Waals surface area (Å²) in [6.45, 7) is 3.30. The summed E-state index contributed by atoms with van der Waals surface area (Å²) in [6, 6.07) is 0.301. The van der Waals surface area contributed by atoms with Crippen LogP contribution < -0.4 is 5.73 Å². The standard InChI is InChI=1S/C10H20N2S/c1-3-9(10(11)13)12(2)7-8-5-4-6-8/h8-9H,3-7H2,1-2H3,(H2,11,13). The number of hydrogen-bond donors (Lipinski definition) is 1. The Balaban J connectivity index is 2.33. The molecule has 0 aromatic carbocycles. The molecule has 1 aliphatic carbocycles. The Labute approximate surface area is 86.5 Å². The van der Waals surface area contributed by atoms with Crippen LogP contribution in [0.4, 0.5) is 0 Å². The van der Waals surface area contributed by atoms with Gasteiger partial charge in [-0.2, -0.15) is 0 Å². The molecule has 0 amide bonds. The highest BCUT2D eigenvalue weighted by Crippen LogP contribution is 2.27. The zero-order chi connectivity index (χ0) is 9.84. The maximum atomic E-state index is 5.67. The third-order valence-electron chi connectivity index (χ3n) is 3.02. The van der Waals surface area contributed by atoms with Crippen molar-refractivity contribution in [3.63, 3.8) is 0 Å². The third-order valence-corrected chi connectivity index (χ3v) is 3.29. The van der Waals surface area contributed by atoms with Gasteiger partial charge in [-0.25, -0.2) is 0 Å². The second-order valence-electron chi connectivity index (χ2n) is 4.06. The molecule has 0 aliphatic heterocycles. The van der Waals surface area contributed by atoms with E-state index in [1.54, 1.807) is 0 Å². The number of hydrogen-bond acceptors (Lipinski definition) is 2. The monoisotopic (exact) mass is 200 g/mol. The molecule has 3 heteroatoms. The van der Waals surface area contributed by atoms with E-state index in [0.29, 0.717) is 11.0 Å². The molecule has 1 fully saturated rings. The van der Waals surface area contributed by atoms with E-state index in [4.69, 9.17) is 18.0 Å². The van der Waals surface area contributed by atoms with Gasteiger partial charge in [0.2, 0.25) is 0 Å². The first-order valence-corrected chi connectivity index (χ1v) is 5.55. The molecule has 1 unspecified atom stereocenters. The summed E-state index contributed by atoms with van der Waals surface area (Å²) in [7, 11) is 2.13. The molecule has 1 aliphatic rings. The van der Waals surface area contributed by atoms with Crippen molar-refractivity contribution in [2.75, 3.05) is 13.6 Å². The zero-order valence-electron chi connectivity index (χ0n) is 8.62. The van der Waals surface area contributed by atoms with Gasteiger partial charge in [0.05, 0.1) is 11.0 Å². The summed E-state index contributed by atoms with van der Waals surface area (Å²) < 4.78 is 0. The summed E-state index contributed by atoms with van der Waals surface area (Å²) in [5.41, 5.74) is 5.67. The molecule has 0 radical (unpaired) electrons. The molecule has 0 aromatic rings. The molecule has 2 nitrogen and oxygen atoms in total. The lowest BCUT2D eigenvalue weighted by molar-refractivity contribution is 0.186. The average molecular weight is 200 g/mol. The molecule has 1 rings (SSSR count). The van der Waals surface area contributed by atoms with Gasteiger partial charge in [0, 0.05) is 6.54 Å². The van der Waals surface area contributed by atoms with Crippen molar-refractivity contribution >= 4 is 17.2 Å². The van der Waals surface area contributed by atoms with Crippen LogP contribution in [0, 0.1) is 5.92 Å². The van der Waals surface area contributed by atoms with Gasteiger partial charge in [0.15, 0.2) is 0 Å². The lowest BCUT2D eigenvalue weighted by atomic mass is 9.85. The van der Waals surface area contributed by atoms with Crippen molar-refractivity contribution in [1.29, 1.82) is 0 Å². The normalized spacial score (nSPS) is 19.9. The summed E-state index contributed by atoms with van der Waals surface area (Å²) in [5, 5.41) is 0. The average Bonchev–Trinajstić information content (AvgIpc) is 1.97. The van der Waals surface area contributed by atoms with Crippen molar-refractivity contribution in [3.05, 3.63) is 0 Å². The number of nitrogens with zero attached hydrogens (tertiary/aromatic N) is 1. The van der Waals surface area contributed by atoms with Gasteiger partial charge >= 0.3 is 0 Å². The van der Waals surface area contributed by atoms with E-state index in [1.807, 2.05) is 0 Å². The molecule has 0 bridgehead atoms. The maximum Gasteiger partial charge on any atom is 0.0901 e. The van der Waals surface area contributed by atoms with Gasteiger partial charge in [-0.3, -0.25) is 4.90 Å². The Morgan fingerprint density at radius 1 is 1.62 bits per heavy atom. The summed E-state index contributed by atoms with van der Waals surface area (Å²) in [6.07, 6.45) is 5.21. The quantitative estimate of drug-likeness (QED) is 0.686. The van der Waals surface area contributed by atoms with Gasteiger partial charge in [0.25, 0.3) is 0 Å². The van der Waals surface area contributed by atoms with E-state index in [0.717, 1.165) is 18.9 Å². The first-order valence-electron chi connectivity index (χ1n) is 5.14. The maximum absolute atomic E-state index is 5.67. The second-order valence-corrected chi connectivity index (χ2v) is 4.53. The molecular formula is C10H20N2S. The minimum absolute atomic E-state index is 0.301. The summed E-state index contributed by atoms with van der Waals surface area (Å²) in [4.78, 5) is 2.95. The van der Waals surface area contributed by atoms with Crippen molar-refractivity contribution in [3.8, 4) is 0 Å². The number of thiocarbonyl (C=S) groups is 1. The largest absolute Gasteiger partial charge is 0.392 e. The molecular weight excluding hydrogens is 180 g/mol. The number of nitrogens with two attached hydrogens (primary N) is 1. The van der Waals surface area contributed by atoms with Crippen molar-refractivity contribution in [2.24, 2.45) is 11.7 Å². The van der Waals surface area contributed by atoms with E-state index >= 15 is 0 Å². The van der Waals surface area contributed by atoms with Crippen LogP contribution in [-0.2, 0) is 0 Å². The number of rotatable bonds is 5. The van der Waals surface area contributed by atoms with Crippen LogP contribution in [0.2, 0.25) is 0 Å². The van der Waals surface area contributed by atoms with Crippen LogP contribution >= 0.6 is 12.2 Å². The fraction of sp³-hybridized carbons (Fsp3) is 0.900. The first kappa shape index (κ1) is 10.9. The predicted molar refractivity (Wildman–Crippen MR) is 60.8 cm³/mol. The molecule has 0 heterocycles. The van der Waals surface area contributed by atoms with E-state index < -0.39 is 0 Å². The molecule has 13 heavy (non-hydrogen) atoms. The highest BCUT2D eigenvalue weighted by atomic mass is 32.1. The molecule has 0 aromatic heterocycles. The van der Waals surface area contributed by atoms with E-state index in [2.05, 4.69) is 18.9 Å². The predicted octanol–water partition coefficient (Wildman–Crippen LogP) is 1.78.